The Morgan fingerprint density at radius 3 is 2.33 bits per heavy atom. The van der Waals surface area contributed by atoms with Gasteiger partial charge in [-0.15, -0.1) is 0 Å². The van der Waals surface area contributed by atoms with Gasteiger partial charge in [0.05, 0.1) is 7.11 Å². The largest absolute Gasteiger partial charge is 0.497 e. The van der Waals surface area contributed by atoms with Crippen molar-refractivity contribution in [3.63, 3.8) is 0 Å². The number of nitrogens with zero attached hydrogens (tertiary/aromatic N) is 1. The summed E-state index contributed by atoms with van der Waals surface area (Å²) in [4.78, 5) is 23.5. The molecule has 0 saturated carbocycles. The lowest BCUT2D eigenvalue weighted by Crippen LogP contribution is -2.32. The van der Waals surface area contributed by atoms with Crippen LogP contribution in [0.25, 0.3) is 0 Å². The van der Waals surface area contributed by atoms with E-state index in [1.807, 2.05) is 37.3 Å². The highest BCUT2D eigenvalue weighted by atomic mass is 16.5. The van der Waals surface area contributed by atoms with Gasteiger partial charge >= 0.3 is 11.8 Å². The van der Waals surface area contributed by atoms with E-state index in [0.717, 1.165) is 5.56 Å². The number of carbonyl (C=O) groups excluding carboxylic acids is 2. The van der Waals surface area contributed by atoms with E-state index in [-0.39, 0.29) is 5.92 Å². The van der Waals surface area contributed by atoms with Gasteiger partial charge in [-0.2, -0.15) is 5.10 Å². The molecule has 0 aromatic heterocycles. The molecule has 0 fully saturated rings. The third-order valence-corrected chi connectivity index (χ3v) is 3.34. The van der Waals surface area contributed by atoms with Crippen LogP contribution in [-0.4, -0.2) is 25.1 Å². The van der Waals surface area contributed by atoms with Gasteiger partial charge in [0.15, 0.2) is 0 Å². The van der Waals surface area contributed by atoms with Crippen molar-refractivity contribution >= 4 is 23.7 Å². The third kappa shape index (κ3) is 4.95. The van der Waals surface area contributed by atoms with Gasteiger partial charge in [-0.3, -0.25) is 9.59 Å². The Balaban J connectivity index is 1.84. The Bertz CT molecular complexity index is 712. The Kier molecular flexibility index (Phi) is 6.08. The predicted molar refractivity (Wildman–Crippen MR) is 93.1 cm³/mol. The van der Waals surface area contributed by atoms with E-state index in [2.05, 4.69) is 15.8 Å². The second-order valence-electron chi connectivity index (χ2n) is 5.10. The van der Waals surface area contributed by atoms with Crippen molar-refractivity contribution in [3.05, 3.63) is 60.2 Å². The maximum Gasteiger partial charge on any atom is 0.329 e. The molecule has 0 heterocycles. The Labute approximate surface area is 140 Å². The van der Waals surface area contributed by atoms with Gasteiger partial charge in [-0.25, -0.2) is 5.43 Å². The number of hydrazone groups is 1. The average molecular weight is 325 g/mol. The molecule has 0 radical (unpaired) electrons. The molecule has 2 aromatic rings. The number of hydrogen-bond donors (Lipinski definition) is 2. The van der Waals surface area contributed by atoms with Crippen molar-refractivity contribution in [2.45, 2.75) is 12.8 Å². The van der Waals surface area contributed by atoms with Crippen LogP contribution >= 0.6 is 0 Å². The van der Waals surface area contributed by atoms with Crippen molar-refractivity contribution in [3.8, 4) is 5.75 Å². The summed E-state index contributed by atoms with van der Waals surface area (Å²) in [5, 5.41) is 6.31. The predicted octanol–water partition coefficient (Wildman–Crippen LogP) is 2.54. The van der Waals surface area contributed by atoms with E-state index >= 15 is 0 Å². The molecule has 0 aliphatic heterocycles. The molecule has 2 amide bonds. The molecule has 2 rings (SSSR count). The second-order valence-corrected chi connectivity index (χ2v) is 5.10. The number of methoxy groups -OCH3 is 1. The number of anilines is 1. The van der Waals surface area contributed by atoms with E-state index in [1.54, 1.807) is 37.6 Å². The second kappa shape index (κ2) is 8.47. The van der Waals surface area contributed by atoms with Crippen molar-refractivity contribution in [1.29, 1.82) is 0 Å². The Hall–Kier alpha value is -3.15. The van der Waals surface area contributed by atoms with Crippen LogP contribution in [-0.2, 0) is 9.59 Å². The quantitative estimate of drug-likeness (QED) is 0.504. The van der Waals surface area contributed by atoms with Crippen molar-refractivity contribution < 1.29 is 14.3 Å². The van der Waals surface area contributed by atoms with Crippen LogP contribution < -0.4 is 15.5 Å². The van der Waals surface area contributed by atoms with Gasteiger partial charge in [0, 0.05) is 17.8 Å². The first kappa shape index (κ1) is 17.2. The standard InChI is InChI=1S/C18H19N3O3/c1-13(14-6-4-3-5-7-14)12-19-21-18(23)17(22)20-15-8-10-16(24-2)11-9-15/h3-13H,1-2H3,(H,20,22)(H,21,23)/b19-12+. The molecule has 124 valence electrons. The minimum absolute atomic E-state index is 0.0242. The molecule has 0 aliphatic carbocycles. The summed E-state index contributed by atoms with van der Waals surface area (Å²) >= 11 is 0. The van der Waals surface area contributed by atoms with Crippen LogP contribution in [0.3, 0.4) is 0 Å². The van der Waals surface area contributed by atoms with Crippen LogP contribution in [0.4, 0.5) is 5.69 Å². The molecule has 2 aromatic carbocycles. The molecule has 0 bridgehead atoms. The summed E-state index contributed by atoms with van der Waals surface area (Å²) in [5.74, 6) is -0.930. The zero-order valence-corrected chi connectivity index (χ0v) is 13.5. The van der Waals surface area contributed by atoms with E-state index in [9.17, 15) is 9.59 Å². The van der Waals surface area contributed by atoms with Gasteiger partial charge in [-0.05, 0) is 29.8 Å². The number of amides is 2. The summed E-state index contributed by atoms with van der Waals surface area (Å²) in [6.07, 6.45) is 1.58. The zero-order chi connectivity index (χ0) is 17.4. The van der Waals surface area contributed by atoms with E-state index in [4.69, 9.17) is 4.74 Å². The lowest BCUT2D eigenvalue weighted by molar-refractivity contribution is -0.136. The van der Waals surface area contributed by atoms with Crippen molar-refractivity contribution in [2.24, 2.45) is 5.10 Å². The Morgan fingerprint density at radius 2 is 1.71 bits per heavy atom. The normalized spacial score (nSPS) is 11.8. The van der Waals surface area contributed by atoms with Crippen LogP contribution in [0, 0.1) is 0 Å². The summed E-state index contributed by atoms with van der Waals surface area (Å²) in [6, 6.07) is 16.4. The van der Waals surface area contributed by atoms with Gasteiger partial charge in [-0.1, -0.05) is 37.3 Å². The van der Waals surface area contributed by atoms with Crippen LogP contribution in [0.5, 0.6) is 5.75 Å². The zero-order valence-electron chi connectivity index (χ0n) is 13.5. The molecule has 1 atom stereocenters. The number of carbonyl (C=O) groups is 2. The lowest BCUT2D eigenvalue weighted by atomic mass is 10.0. The molecular formula is C18H19N3O3. The lowest BCUT2D eigenvalue weighted by Gasteiger charge is -2.06. The van der Waals surface area contributed by atoms with E-state index in [1.165, 1.54) is 0 Å². The third-order valence-electron chi connectivity index (χ3n) is 3.34. The van der Waals surface area contributed by atoms with Crippen LogP contribution in [0.1, 0.15) is 18.4 Å². The van der Waals surface area contributed by atoms with Crippen LogP contribution in [0.2, 0.25) is 0 Å². The van der Waals surface area contributed by atoms with Gasteiger partial charge < -0.3 is 10.1 Å². The monoisotopic (exact) mass is 325 g/mol. The topological polar surface area (TPSA) is 79.8 Å². The SMILES string of the molecule is COc1ccc(NC(=O)C(=O)N/N=C/C(C)c2ccccc2)cc1. The molecule has 24 heavy (non-hydrogen) atoms. The summed E-state index contributed by atoms with van der Waals surface area (Å²) in [7, 11) is 1.55. The first-order chi connectivity index (χ1) is 11.6. The molecule has 2 N–H and O–H groups in total. The molecule has 1 unspecified atom stereocenters. The average Bonchev–Trinajstić information content (AvgIpc) is 2.62. The van der Waals surface area contributed by atoms with E-state index < -0.39 is 11.8 Å². The highest BCUT2D eigenvalue weighted by molar-refractivity contribution is 6.39. The minimum Gasteiger partial charge on any atom is -0.497 e. The minimum atomic E-state index is -0.831. The van der Waals surface area contributed by atoms with E-state index in [0.29, 0.717) is 11.4 Å². The number of ether oxygens (including phenoxy) is 1. The number of hydrogen-bond acceptors (Lipinski definition) is 4. The maximum absolute atomic E-state index is 11.8. The first-order valence-electron chi connectivity index (χ1n) is 7.43. The summed E-state index contributed by atoms with van der Waals surface area (Å²) in [5.41, 5.74) is 3.79. The fourth-order valence-corrected chi connectivity index (χ4v) is 1.96. The van der Waals surface area contributed by atoms with Gasteiger partial charge in [0.2, 0.25) is 0 Å². The molecule has 0 saturated heterocycles. The molecule has 0 spiro atoms. The maximum atomic E-state index is 11.8. The summed E-state index contributed by atoms with van der Waals surface area (Å²) in [6.45, 7) is 1.95. The highest BCUT2D eigenvalue weighted by Crippen LogP contribution is 2.14. The smallest absolute Gasteiger partial charge is 0.329 e. The fraction of sp³-hybridized carbons (Fsp3) is 0.167. The number of benzene rings is 2. The van der Waals surface area contributed by atoms with Crippen molar-refractivity contribution in [1.82, 2.24) is 5.43 Å². The highest BCUT2D eigenvalue weighted by Gasteiger charge is 2.13. The molecular weight excluding hydrogens is 306 g/mol. The first-order valence-corrected chi connectivity index (χ1v) is 7.43. The van der Waals surface area contributed by atoms with Gasteiger partial charge in [0.25, 0.3) is 0 Å². The molecule has 0 aliphatic rings. The van der Waals surface area contributed by atoms with Crippen molar-refractivity contribution in [2.75, 3.05) is 12.4 Å². The molecule has 6 heteroatoms. The Morgan fingerprint density at radius 1 is 1.04 bits per heavy atom. The van der Waals surface area contributed by atoms with Gasteiger partial charge in [0.1, 0.15) is 5.75 Å². The van der Waals surface area contributed by atoms with Crippen LogP contribution in [0.15, 0.2) is 59.7 Å². The molecule has 6 nitrogen and oxygen atoms in total. The number of rotatable bonds is 5. The number of nitrogens with one attached hydrogen (secondary N) is 2. The fourth-order valence-electron chi connectivity index (χ4n) is 1.96. The summed E-state index contributed by atoms with van der Waals surface area (Å²) < 4.78 is 5.02.